The second-order valence-corrected chi connectivity index (χ2v) is 7.83. The molecule has 1 amide bonds. The number of aryl methyl sites for hydroxylation is 2. The lowest BCUT2D eigenvalue weighted by molar-refractivity contribution is -0.120. The predicted octanol–water partition coefficient (Wildman–Crippen LogP) is 3.98. The monoisotopic (exact) mass is 390 g/mol. The van der Waals surface area contributed by atoms with Gasteiger partial charge in [-0.25, -0.2) is 4.52 Å². The number of rotatable bonds is 6. The highest BCUT2D eigenvalue weighted by atomic mass is 32.1. The van der Waals surface area contributed by atoms with Crippen LogP contribution in [0.1, 0.15) is 22.4 Å². The standard InChI is InChI=1S/C22H22N4OS/c1-15-5-3-7-17(11-15)13-20(27)23-10-9-19-14-28-22-24-21(25-26(19)22)18-8-4-6-16(2)12-18/h3-8,11-12,14H,9-10,13H2,1-2H3,(H,23,27). The molecule has 4 aromatic rings. The zero-order valence-electron chi connectivity index (χ0n) is 16.0. The van der Waals surface area contributed by atoms with Crippen LogP contribution >= 0.6 is 11.3 Å². The minimum Gasteiger partial charge on any atom is -0.355 e. The molecule has 0 saturated heterocycles. The first-order chi connectivity index (χ1) is 13.6. The molecule has 4 rings (SSSR count). The number of thiazole rings is 1. The molecule has 0 bridgehead atoms. The van der Waals surface area contributed by atoms with Crippen molar-refractivity contribution in [2.45, 2.75) is 26.7 Å². The Morgan fingerprint density at radius 2 is 1.89 bits per heavy atom. The SMILES string of the molecule is Cc1cccc(CC(=O)NCCc2csc3nc(-c4cccc(C)c4)nn23)c1. The average molecular weight is 391 g/mol. The Morgan fingerprint density at radius 3 is 2.68 bits per heavy atom. The molecule has 5 nitrogen and oxygen atoms in total. The highest BCUT2D eigenvalue weighted by Crippen LogP contribution is 2.21. The van der Waals surface area contributed by atoms with E-state index in [1.807, 2.05) is 47.8 Å². The normalized spacial score (nSPS) is 11.1. The van der Waals surface area contributed by atoms with Crippen molar-refractivity contribution in [3.05, 3.63) is 76.3 Å². The minimum absolute atomic E-state index is 0.0381. The molecule has 28 heavy (non-hydrogen) atoms. The van der Waals surface area contributed by atoms with Crippen molar-refractivity contribution in [3.63, 3.8) is 0 Å². The van der Waals surface area contributed by atoms with Crippen LogP contribution in [0.3, 0.4) is 0 Å². The van der Waals surface area contributed by atoms with Gasteiger partial charge in [-0.3, -0.25) is 4.79 Å². The predicted molar refractivity (Wildman–Crippen MR) is 113 cm³/mol. The lowest BCUT2D eigenvalue weighted by Crippen LogP contribution is -2.27. The molecule has 1 N–H and O–H groups in total. The highest BCUT2D eigenvalue weighted by Gasteiger charge is 2.12. The lowest BCUT2D eigenvalue weighted by Gasteiger charge is -2.05. The van der Waals surface area contributed by atoms with Crippen LogP contribution in [0.4, 0.5) is 0 Å². The Labute approximate surface area is 168 Å². The molecule has 0 saturated carbocycles. The van der Waals surface area contributed by atoms with E-state index in [0.29, 0.717) is 13.0 Å². The Balaban J connectivity index is 1.39. The topological polar surface area (TPSA) is 59.3 Å². The van der Waals surface area contributed by atoms with E-state index in [4.69, 9.17) is 0 Å². The quantitative estimate of drug-likeness (QED) is 0.542. The molecule has 0 radical (unpaired) electrons. The maximum atomic E-state index is 12.2. The van der Waals surface area contributed by atoms with Crippen molar-refractivity contribution >= 4 is 22.2 Å². The van der Waals surface area contributed by atoms with E-state index in [9.17, 15) is 4.79 Å². The minimum atomic E-state index is 0.0381. The average Bonchev–Trinajstić information content (AvgIpc) is 3.23. The number of hydrogen-bond acceptors (Lipinski definition) is 4. The number of aromatic nitrogens is 3. The fraction of sp³-hybridized carbons (Fsp3) is 0.227. The van der Waals surface area contributed by atoms with Crippen molar-refractivity contribution in [1.82, 2.24) is 19.9 Å². The van der Waals surface area contributed by atoms with Crippen LogP contribution in [0.25, 0.3) is 16.3 Å². The summed E-state index contributed by atoms with van der Waals surface area (Å²) in [4.78, 5) is 17.7. The van der Waals surface area contributed by atoms with Gasteiger partial charge in [0.1, 0.15) is 0 Å². The molecule has 0 aliphatic carbocycles. The number of carbonyl (C=O) groups excluding carboxylic acids is 1. The summed E-state index contributed by atoms with van der Waals surface area (Å²) in [5.41, 5.74) is 5.47. The second kappa shape index (κ2) is 7.94. The molecule has 0 spiro atoms. The van der Waals surface area contributed by atoms with Crippen molar-refractivity contribution in [2.24, 2.45) is 0 Å². The fourth-order valence-electron chi connectivity index (χ4n) is 3.20. The van der Waals surface area contributed by atoms with Gasteiger partial charge in [0.15, 0.2) is 5.82 Å². The van der Waals surface area contributed by atoms with Gasteiger partial charge in [-0.2, -0.15) is 4.98 Å². The van der Waals surface area contributed by atoms with E-state index in [-0.39, 0.29) is 5.91 Å². The highest BCUT2D eigenvalue weighted by molar-refractivity contribution is 7.15. The number of fused-ring (bicyclic) bond motifs is 1. The smallest absolute Gasteiger partial charge is 0.224 e. The number of carbonyl (C=O) groups is 1. The van der Waals surface area contributed by atoms with E-state index < -0.39 is 0 Å². The first-order valence-corrected chi connectivity index (χ1v) is 10.2. The van der Waals surface area contributed by atoms with Crippen LogP contribution in [0.2, 0.25) is 0 Å². The lowest BCUT2D eigenvalue weighted by atomic mass is 10.1. The van der Waals surface area contributed by atoms with Crippen LogP contribution in [0.5, 0.6) is 0 Å². The fourth-order valence-corrected chi connectivity index (χ4v) is 4.06. The molecule has 6 heteroatoms. The van der Waals surface area contributed by atoms with Crippen LogP contribution in [-0.2, 0) is 17.6 Å². The van der Waals surface area contributed by atoms with Gasteiger partial charge in [-0.1, -0.05) is 53.6 Å². The summed E-state index contributed by atoms with van der Waals surface area (Å²) < 4.78 is 1.88. The van der Waals surface area contributed by atoms with Crippen molar-refractivity contribution in [1.29, 1.82) is 0 Å². The molecule has 0 unspecified atom stereocenters. The van der Waals surface area contributed by atoms with Gasteiger partial charge in [0.2, 0.25) is 10.9 Å². The molecular weight excluding hydrogens is 368 g/mol. The number of nitrogens with zero attached hydrogens (tertiary/aromatic N) is 3. The number of nitrogens with one attached hydrogen (secondary N) is 1. The zero-order valence-corrected chi connectivity index (χ0v) is 16.8. The molecule has 0 aliphatic rings. The van der Waals surface area contributed by atoms with E-state index in [1.165, 1.54) is 11.1 Å². The van der Waals surface area contributed by atoms with E-state index >= 15 is 0 Å². The number of hydrogen-bond donors (Lipinski definition) is 1. The van der Waals surface area contributed by atoms with Crippen molar-refractivity contribution in [2.75, 3.05) is 6.54 Å². The molecule has 2 aromatic heterocycles. The van der Waals surface area contributed by atoms with Crippen LogP contribution < -0.4 is 5.32 Å². The Kier molecular flexibility index (Phi) is 5.21. The zero-order chi connectivity index (χ0) is 19.5. The van der Waals surface area contributed by atoms with Gasteiger partial charge in [0.05, 0.1) is 12.1 Å². The summed E-state index contributed by atoms with van der Waals surface area (Å²) in [5.74, 6) is 0.774. The van der Waals surface area contributed by atoms with E-state index in [2.05, 4.69) is 39.8 Å². The second-order valence-electron chi connectivity index (χ2n) is 6.99. The molecule has 2 heterocycles. The molecule has 0 fully saturated rings. The molecular formula is C22H22N4OS. The molecule has 0 atom stereocenters. The summed E-state index contributed by atoms with van der Waals surface area (Å²) in [5, 5.41) is 9.72. The molecule has 142 valence electrons. The van der Waals surface area contributed by atoms with Gasteiger partial charge in [-0.05, 0) is 25.5 Å². The largest absolute Gasteiger partial charge is 0.355 e. The molecule has 2 aromatic carbocycles. The maximum absolute atomic E-state index is 12.2. The van der Waals surface area contributed by atoms with Crippen molar-refractivity contribution < 1.29 is 4.79 Å². The maximum Gasteiger partial charge on any atom is 0.224 e. The van der Waals surface area contributed by atoms with Crippen LogP contribution in [0.15, 0.2) is 53.9 Å². The summed E-state index contributed by atoms with van der Waals surface area (Å²) in [6, 6.07) is 16.2. The third-order valence-corrected chi connectivity index (χ3v) is 5.44. The number of benzene rings is 2. The van der Waals surface area contributed by atoms with E-state index in [1.54, 1.807) is 11.3 Å². The summed E-state index contributed by atoms with van der Waals surface area (Å²) in [7, 11) is 0. The first kappa shape index (κ1) is 18.4. The summed E-state index contributed by atoms with van der Waals surface area (Å²) >= 11 is 1.57. The van der Waals surface area contributed by atoms with Gasteiger partial charge >= 0.3 is 0 Å². The van der Waals surface area contributed by atoms with Gasteiger partial charge in [0.25, 0.3) is 0 Å². The van der Waals surface area contributed by atoms with Gasteiger partial charge in [-0.15, -0.1) is 16.4 Å². The van der Waals surface area contributed by atoms with Crippen LogP contribution in [0, 0.1) is 13.8 Å². The Morgan fingerprint density at radius 1 is 1.11 bits per heavy atom. The number of amides is 1. The first-order valence-electron chi connectivity index (χ1n) is 9.31. The third kappa shape index (κ3) is 4.12. The van der Waals surface area contributed by atoms with Gasteiger partial charge < -0.3 is 5.32 Å². The van der Waals surface area contributed by atoms with E-state index in [0.717, 1.165) is 34.0 Å². The Hall–Kier alpha value is -2.99. The molecule has 0 aliphatic heterocycles. The Bertz CT molecular complexity index is 1130. The third-order valence-electron chi connectivity index (χ3n) is 4.58. The summed E-state index contributed by atoms with van der Waals surface area (Å²) in [6.07, 6.45) is 1.12. The van der Waals surface area contributed by atoms with Crippen LogP contribution in [-0.4, -0.2) is 27.0 Å². The summed E-state index contributed by atoms with van der Waals surface area (Å²) in [6.45, 7) is 4.68. The van der Waals surface area contributed by atoms with Crippen molar-refractivity contribution in [3.8, 4) is 11.4 Å². The van der Waals surface area contributed by atoms with Gasteiger partial charge in [0, 0.05) is 23.9 Å².